The maximum atomic E-state index is 5.81. The summed E-state index contributed by atoms with van der Waals surface area (Å²) in [6, 6.07) is 4.09. The molecule has 2 aliphatic heterocycles. The van der Waals surface area contributed by atoms with Crippen molar-refractivity contribution in [2.75, 3.05) is 31.2 Å². The molecule has 0 radical (unpaired) electrons. The van der Waals surface area contributed by atoms with Crippen LogP contribution in [0.2, 0.25) is 0 Å². The predicted molar refractivity (Wildman–Crippen MR) is 72.9 cm³/mol. The van der Waals surface area contributed by atoms with E-state index < -0.39 is 0 Å². The average Bonchev–Trinajstić information content (AvgIpc) is 2.88. The number of hydrogen-bond donors (Lipinski definition) is 1. The van der Waals surface area contributed by atoms with Gasteiger partial charge in [0.15, 0.2) is 5.79 Å². The minimum Gasteiger partial charge on any atom is -0.356 e. The van der Waals surface area contributed by atoms with E-state index in [0.29, 0.717) is 6.54 Å². The molecule has 0 aromatic carbocycles. The SMILES string of the molecule is Cc1ccc(CN)c(N2CCC3(CC2)OCCO3)n1. The smallest absolute Gasteiger partial charge is 0.171 e. The Balaban J connectivity index is 1.76. The summed E-state index contributed by atoms with van der Waals surface area (Å²) in [7, 11) is 0. The summed E-state index contributed by atoms with van der Waals surface area (Å²) >= 11 is 0. The number of nitrogens with zero attached hydrogens (tertiary/aromatic N) is 2. The lowest BCUT2D eigenvalue weighted by atomic mass is 10.0. The van der Waals surface area contributed by atoms with Gasteiger partial charge < -0.3 is 20.1 Å². The second-order valence-electron chi connectivity index (χ2n) is 5.23. The third-order valence-corrected chi connectivity index (χ3v) is 3.95. The normalized spacial score (nSPS) is 22.1. The van der Waals surface area contributed by atoms with E-state index in [1.54, 1.807) is 0 Å². The summed E-state index contributed by atoms with van der Waals surface area (Å²) in [5.41, 5.74) is 7.94. The molecule has 1 aromatic rings. The van der Waals surface area contributed by atoms with Crippen molar-refractivity contribution in [2.24, 2.45) is 5.73 Å². The fraction of sp³-hybridized carbons (Fsp3) is 0.643. The number of anilines is 1. The fourth-order valence-electron chi connectivity index (χ4n) is 2.85. The predicted octanol–water partition coefficient (Wildman–Crippen LogP) is 1.19. The van der Waals surface area contributed by atoms with E-state index in [1.807, 2.05) is 13.0 Å². The molecule has 0 bridgehead atoms. The van der Waals surface area contributed by atoms with Crippen LogP contribution in [0, 0.1) is 6.92 Å². The first-order valence-electron chi connectivity index (χ1n) is 6.92. The number of piperidine rings is 1. The summed E-state index contributed by atoms with van der Waals surface area (Å²) in [5.74, 6) is 0.693. The molecule has 0 amide bonds. The lowest BCUT2D eigenvalue weighted by Gasteiger charge is -2.38. The Kier molecular flexibility index (Phi) is 3.43. The van der Waals surface area contributed by atoms with Crippen molar-refractivity contribution in [2.45, 2.75) is 32.1 Å². The van der Waals surface area contributed by atoms with E-state index in [1.165, 1.54) is 0 Å². The van der Waals surface area contributed by atoms with Crippen molar-refractivity contribution in [1.29, 1.82) is 0 Å². The van der Waals surface area contributed by atoms with Crippen LogP contribution in [0.4, 0.5) is 5.82 Å². The lowest BCUT2D eigenvalue weighted by Crippen LogP contribution is -2.45. The molecule has 1 aromatic heterocycles. The molecule has 2 N–H and O–H groups in total. The van der Waals surface area contributed by atoms with Gasteiger partial charge in [-0.25, -0.2) is 4.98 Å². The molecule has 2 fully saturated rings. The Morgan fingerprint density at radius 3 is 2.58 bits per heavy atom. The van der Waals surface area contributed by atoms with Crippen molar-refractivity contribution in [1.82, 2.24) is 4.98 Å². The fourth-order valence-corrected chi connectivity index (χ4v) is 2.85. The average molecular weight is 263 g/mol. The van der Waals surface area contributed by atoms with E-state index in [2.05, 4.69) is 16.0 Å². The van der Waals surface area contributed by atoms with E-state index in [9.17, 15) is 0 Å². The second-order valence-corrected chi connectivity index (χ2v) is 5.23. The number of rotatable bonds is 2. The van der Waals surface area contributed by atoms with Crippen LogP contribution >= 0.6 is 0 Å². The molecule has 0 atom stereocenters. The first-order valence-corrected chi connectivity index (χ1v) is 6.92. The molecule has 104 valence electrons. The molecular weight excluding hydrogens is 242 g/mol. The summed E-state index contributed by atoms with van der Waals surface area (Å²) < 4.78 is 11.5. The third-order valence-electron chi connectivity index (χ3n) is 3.95. The van der Waals surface area contributed by atoms with E-state index >= 15 is 0 Å². The topological polar surface area (TPSA) is 60.6 Å². The highest BCUT2D eigenvalue weighted by Gasteiger charge is 2.40. The Morgan fingerprint density at radius 1 is 1.26 bits per heavy atom. The lowest BCUT2D eigenvalue weighted by molar-refractivity contribution is -0.169. The van der Waals surface area contributed by atoms with Gasteiger partial charge >= 0.3 is 0 Å². The van der Waals surface area contributed by atoms with E-state index in [0.717, 1.165) is 56.2 Å². The minimum absolute atomic E-state index is 0.330. The molecule has 0 saturated carbocycles. The van der Waals surface area contributed by atoms with Gasteiger partial charge in [-0.2, -0.15) is 0 Å². The van der Waals surface area contributed by atoms with Crippen molar-refractivity contribution >= 4 is 5.82 Å². The Morgan fingerprint density at radius 2 is 1.95 bits per heavy atom. The van der Waals surface area contributed by atoms with Crippen molar-refractivity contribution in [3.8, 4) is 0 Å². The molecule has 2 saturated heterocycles. The van der Waals surface area contributed by atoms with Crippen LogP contribution in [0.1, 0.15) is 24.1 Å². The van der Waals surface area contributed by atoms with Crippen LogP contribution in [0.25, 0.3) is 0 Å². The number of pyridine rings is 1. The van der Waals surface area contributed by atoms with Crippen LogP contribution < -0.4 is 10.6 Å². The molecule has 1 spiro atoms. The van der Waals surface area contributed by atoms with Crippen LogP contribution in [0.15, 0.2) is 12.1 Å². The Hall–Kier alpha value is -1.17. The summed E-state index contributed by atoms with van der Waals surface area (Å²) in [6.45, 7) is 5.79. The molecule has 3 rings (SSSR count). The van der Waals surface area contributed by atoms with Gasteiger partial charge in [0, 0.05) is 43.7 Å². The van der Waals surface area contributed by atoms with Crippen LogP contribution in [0.3, 0.4) is 0 Å². The molecule has 3 heterocycles. The number of ether oxygens (including phenoxy) is 2. The van der Waals surface area contributed by atoms with Gasteiger partial charge in [0.2, 0.25) is 0 Å². The Bertz CT molecular complexity index is 448. The standard InChI is InChI=1S/C14H21N3O2/c1-11-2-3-12(10-15)13(16-11)17-6-4-14(5-7-17)18-8-9-19-14/h2-3H,4-10,15H2,1H3. The van der Waals surface area contributed by atoms with Crippen molar-refractivity contribution in [3.05, 3.63) is 23.4 Å². The first kappa shape index (κ1) is 12.8. The number of hydrogen-bond acceptors (Lipinski definition) is 5. The van der Waals surface area contributed by atoms with Crippen LogP contribution in [-0.4, -0.2) is 37.1 Å². The monoisotopic (exact) mass is 263 g/mol. The highest BCUT2D eigenvalue weighted by atomic mass is 16.7. The molecule has 5 heteroatoms. The van der Waals surface area contributed by atoms with Gasteiger partial charge in [0.05, 0.1) is 13.2 Å². The molecule has 19 heavy (non-hydrogen) atoms. The van der Waals surface area contributed by atoms with E-state index in [4.69, 9.17) is 15.2 Å². The van der Waals surface area contributed by atoms with Gasteiger partial charge in [-0.3, -0.25) is 0 Å². The van der Waals surface area contributed by atoms with Crippen LogP contribution in [-0.2, 0) is 16.0 Å². The van der Waals surface area contributed by atoms with Crippen molar-refractivity contribution < 1.29 is 9.47 Å². The van der Waals surface area contributed by atoms with Gasteiger partial charge in [-0.05, 0) is 13.0 Å². The van der Waals surface area contributed by atoms with Crippen LogP contribution in [0.5, 0.6) is 0 Å². The summed E-state index contributed by atoms with van der Waals surface area (Å²) in [6.07, 6.45) is 1.79. The third kappa shape index (κ3) is 2.45. The zero-order chi connectivity index (χ0) is 13.3. The summed E-state index contributed by atoms with van der Waals surface area (Å²) in [4.78, 5) is 6.94. The maximum absolute atomic E-state index is 5.81. The summed E-state index contributed by atoms with van der Waals surface area (Å²) in [5, 5.41) is 0. The van der Waals surface area contributed by atoms with Gasteiger partial charge in [-0.1, -0.05) is 6.07 Å². The van der Waals surface area contributed by atoms with E-state index in [-0.39, 0.29) is 5.79 Å². The Labute approximate surface area is 113 Å². The largest absolute Gasteiger partial charge is 0.356 e. The minimum atomic E-state index is -0.330. The van der Waals surface area contributed by atoms with Gasteiger partial charge in [-0.15, -0.1) is 0 Å². The zero-order valence-corrected chi connectivity index (χ0v) is 11.4. The van der Waals surface area contributed by atoms with Crippen molar-refractivity contribution in [3.63, 3.8) is 0 Å². The maximum Gasteiger partial charge on any atom is 0.171 e. The molecule has 0 unspecified atom stereocenters. The molecule has 0 aliphatic carbocycles. The van der Waals surface area contributed by atoms with Gasteiger partial charge in [0.25, 0.3) is 0 Å². The molecular formula is C14H21N3O2. The number of aromatic nitrogens is 1. The molecule has 2 aliphatic rings. The number of nitrogens with two attached hydrogens (primary N) is 1. The highest BCUT2D eigenvalue weighted by molar-refractivity contribution is 5.48. The quantitative estimate of drug-likeness (QED) is 0.868. The zero-order valence-electron chi connectivity index (χ0n) is 11.4. The second kappa shape index (κ2) is 5.07. The first-order chi connectivity index (χ1) is 9.22. The number of aryl methyl sites for hydroxylation is 1. The van der Waals surface area contributed by atoms with Gasteiger partial charge in [0.1, 0.15) is 5.82 Å². The highest BCUT2D eigenvalue weighted by Crippen LogP contribution is 2.33. The molecule has 5 nitrogen and oxygen atoms in total.